The van der Waals surface area contributed by atoms with E-state index in [-0.39, 0.29) is 0 Å². The van der Waals surface area contributed by atoms with E-state index in [1.165, 1.54) is 11.8 Å². The van der Waals surface area contributed by atoms with Gasteiger partial charge in [0.2, 0.25) is 0 Å². The summed E-state index contributed by atoms with van der Waals surface area (Å²) in [7, 11) is -4.44. The van der Waals surface area contributed by atoms with Crippen LogP contribution < -0.4 is 0 Å². The van der Waals surface area contributed by atoms with Crippen LogP contribution in [0.5, 0.6) is 0 Å². The van der Waals surface area contributed by atoms with Crippen LogP contribution in [-0.4, -0.2) is 27.1 Å². The number of fused-ring (bicyclic) bond motifs is 4. The zero-order chi connectivity index (χ0) is 20.6. The maximum absolute atomic E-state index is 12.2. The van der Waals surface area contributed by atoms with Crippen LogP contribution in [0.2, 0.25) is 0 Å². The highest BCUT2D eigenvalue weighted by Gasteiger charge is 2.22. The van der Waals surface area contributed by atoms with Crippen molar-refractivity contribution in [3.8, 4) is 0 Å². The molecule has 152 valence electrons. The van der Waals surface area contributed by atoms with Crippen molar-refractivity contribution in [1.29, 1.82) is 0 Å². The molecule has 1 aliphatic heterocycles. The van der Waals surface area contributed by atoms with Crippen molar-refractivity contribution in [2.75, 3.05) is 0 Å². The molecule has 4 rings (SSSR count). The maximum atomic E-state index is 12.2. The molecule has 2 heterocycles. The van der Waals surface area contributed by atoms with Crippen LogP contribution >= 0.6 is 11.8 Å². The minimum Gasteiger partial charge on any atom is -0.300 e. The highest BCUT2D eigenvalue weighted by molar-refractivity contribution is 7.99. The third-order valence-corrected chi connectivity index (χ3v) is 7.15. The van der Waals surface area contributed by atoms with Crippen LogP contribution in [0.1, 0.15) is 30.7 Å². The van der Waals surface area contributed by atoms with Gasteiger partial charge < -0.3 is 0 Å². The number of aromatic amines is 2. The van der Waals surface area contributed by atoms with Gasteiger partial charge in [0.25, 0.3) is 0 Å². The molecule has 8 heteroatoms. The molecule has 0 fully saturated rings. The Morgan fingerprint density at radius 1 is 0.966 bits per heavy atom. The summed E-state index contributed by atoms with van der Waals surface area (Å²) in [6.45, 7) is 4.16. The fourth-order valence-electron chi connectivity index (χ4n) is 3.68. The van der Waals surface area contributed by atoms with Crippen molar-refractivity contribution < 1.29 is 13.0 Å². The van der Waals surface area contributed by atoms with Crippen LogP contribution in [0.4, 0.5) is 0 Å². The Morgan fingerprint density at radius 3 is 2.03 bits per heavy atom. The van der Waals surface area contributed by atoms with E-state index in [0.717, 1.165) is 49.7 Å². The number of hydrogen-bond acceptors (Lipinski definition) is 3. The van der Waals surface area contributed by atoms with Crippen molar-refractivity contribution >= 4 is 43.9 Å². The summed E-state index contributed by atoms with van der Waals surface area (Å²) < 4.78 is 35.4. The summed E-state index contributed by atoms with van der Waals surface area (Å²) in [6, 6.07) is 15.5. The van der Waals surface area contributed by atoms with E-state index in [1.807, 2.05) is 42.5 Å². The number of benzene rings is 2. The van der Waals surface area contributed by atoms with E-state index in [4.69, 9.17) is 0 Å². The predicted molar refractivity (Wildman–Crippen MR) is 119 cm³/mol. The second-order valence-electron chi connectivity index (χ2n) is 6.87. The molecule has 2 aromatic carbocycles. The number of H-pyrrole nitrogens is 2. The lowest BCUT2D eigenvalue weighted by Gasteiger charge is -2.04. The van der Waals surface area contributed by atoms with Crippen molar-refractivity contribution in [2.24, 2.45) is 0 Å². The first kappa shape index (κ1) is 19.9. The number of para-hydroxylation sites is 2. The Bertz CT molecular complexity index is 1230. The molecule has 0 saturated heterocycles. The summed E-state index contributed by atoms with van der Waals surface area (Å²) in [6.07, 6.45) is 1.64. The van der Waals surface area contributed by atoms with E-state index in [9.17, 15) is 13.0 Å². The first-order valence-corrected chi connectivity index (χ1v) is 11.9. The van der Waals surface area contributed by atoms with Gasteiger partial charge in [0.15, 0.2) is 0 Å². The van der Waals surface area contributed by atoms with Crippen LogP contribution in [-0.2, 0) is 28.9 Å². The SMILES string of the molecule is CCc1cccc2cc3n(S(=O)(=O)O)c(cc4cccc(CC)c4[nH][nH]c12)SC3. The summed E-state index contributed by atoms with van der Waals surface area (Å²) in [5, 5.41) is 8.91. The number of aryl methyl sites for hydroxylation is 2. The highest BCUT2D eigenvalue weighted by atomic mass is 32.2. The molecule has 0 aliphatic carbocycles. The maximum Gasteiger partial charge on any atom is 0.364 e. The van der Waals surface area contributed by atoms with Gasteiger partial charge in [-0.25, -0.2) is 3.97 Å². The molecule has 0 saturated carbocycles. The molecular formula is C21H23N3O3S2. The molecule has 3 aromatic rings. The van der Waals surface area contributed by atoms with Gasteiger partial charge in [-0.15, -0.1) is 11.8 Å². The van der Waals surface area contributed by atoms with Crippen molar-refractivity contribution in [1.82, 2.24) is 14.2 Å². The summed E-state index contributed by atoms with van der Waals surface area (Å²) in [5.74, 6) is 0.456. The summed E-state index contributed by atoms with van der Waals surface area (Å²) in [4.78, 5) is 0. The lowest BCUT2D eigenvalue weighted by atomic mass is 10.1. The van der Waals surface area contributed by atoms with E-state index in [1.54, 1.807) is 6.07 Å². The van der Waals surface area contributed by atoms with Crippen LogP contribution in [0, 0.1) is 0 Å². The summed E-state index contributed by atoms with van der Waals surface area (Å²) >= 11 is 1.39. The van der Waals surface area contributed by atoms with Gasteiger partial charge >= 0.3 is 10.3 Å². The van der Waals surface area contributed by atoms with Gasteiger partial charge in [-0.1, -0.05) is 50.2 Å². The standard InChI is InChI=1S/C21H23N3O3S2/c1-3-14-7-5-9-16-11-18-13-28-19(24(18)29(25,26)27)12-17-10-6-8-15(4-2)21(17)23-22-20(14)16/h5-12,22-23H,3-4,13H2,1-2H3,(H,25,26,27). The van der Waals surface area contributed by atoms with E-state index >= 15 is 0 Å². The average Bonchev–Trinajstić information content (AvgIpc) is 3.08. The molecule has 0 unspecified atom stereocenters. The first-order chi connectivity index (χ1) is 13.9. The van der Waals surface area contributed by atoms with E-state index < -0.39 is 10.3 Å². The second kappa shape index (κ2) is 7.78. The number of nitrogens with zero attached hydrogens (tertiary/aromatic N) is 1. The molecular weight excluding hydrogens is 406 g/mol. The van der Waals surface area contributed by atoms with Gasteiger partial charge in [-0.05, 0) is 36.1 Å². The number of nitrogens with one attached hydrogen (secondary N) is 2. The smallest absolute Gasteiger partial charge is 0.300 e. The van der Waals surface area contributed by atoms with Gasteiger partial charge in [0.1, 0.15) is 0 Å². The molecule has 0 radical (unpaired) electrons. The number of rotatable bonds is 3. The quantitative estimate of drug-likeness (QED) is 0.506. The van der Waals surface area contributed by atoms with Crippen molar-refractivity contribution in [3.63, 3.8) is 0 Å². The van der Waals surface area contributed by atoms with Crippen molar-refractivity contribution in [3.05, 3.63) is 65.4 Å². The number of aromatic nitrogens is 3. The minimum atomic E-state index is -4.44. The van der Waals surface area contributed by atoms with E-state index in [0.29, 0.717) is 16.5 Å². The Labute approximate surface area is 173 Å². The Hall–Kier alpha value is -2.42. The van der Waals surface area contributed by atoms with Gasteiger partial charge in [0, 0.05) is 22.2 Å². The molecule has 6 nitrogen and oxygen atoms in total. The Balaban J connectivity index is 2.31. The lowest BCUT2D eigenvalue weighted by molar-refractivity contribution is 0.467. The highest BCUT2D eigenvalue weighted by Crippen LogP contribution is 2.33. The zero-order valence-corrected chi connectivity index (χ0v) is 17.9. The first-order valence-electron chi connectivity index (χ1n) is 9.51. The Morgan fingerprint density at radius 2 is 1.52 bits per heavy atom. The van der Waals surface area contributed by atoms with Gasteiger partial charge in [0.05, 0.1) is 16.1 Å². The third kappa shape index (κ3) is 3.75. The molecule has 3 N–H and O–H groups in total. The third-order valence-electron chi connectivity index (χ3n) is 5.10. The molecule has 1 aliphatic rings. The van der Waals surface area contributed by atoms with Crippen LogP contribution in [0.15, 0.2) is 53.6 Å². The average molecular weight is 430 g/mol. The molecule has 0 atom stereocenters. The topological polar surface area (TPSA) is 90.9 Å². The van der Waals surface area contributed by atoms with Gasteiger partial charge in [-0.3, -0.25) is 14.8 Å². The van der Waals surface area contributed by atoms with Crippen LogP contribution in [0.3, 0.4) is 0 Å². The normalized spacial score (nSPS) is 12.9. The molecule has 29 heavy (non-hydrogen) atoms. The minimum absolute atomic E-state index is 0.456. The largest absolute Gasteiger partial charge is 0.364 e. The fraction of sp³-hybridized carbons (Fsp3) is 0.238. The lowest BCUT2D eigenvalue weighted by Crippen LogP contribution is -2.12. The predicted octanol–water partition coefficient (Wildman–Crippen LogP) is 5.08. The molecule has 1 aromatic heterocycles. The molecule has 2 bridgehead atoms. The van der Waals surface area contributed by atoms with Crippen LogP contribution in [0.25, 0.3) is 21.8 Å². The van der Waals surface area contributed by atoms with Crippen molar-refractivity contribution in [2.45, 2.75) is 37.5 Å². The summed E-state index contributed by atoms with van der Waals surface area (Å²) in [5.41, 5.74) is 4.53. The van der Waals surface area contributed by atoms with E-state index in [2.05, 4.69) is 24.0 Å². The molecule has 0 amide bonds. The molecule has 0 spiro atoms. The fourth-order valence-corrected chi connectivity index (χ4v) is 5.85. The van der Waals surface area contributed by atoms with Gasteiger partial charge in [-0.2, -0.15) is 8.42 Å². The monoisotopic (exact) mass is 429 g/mol. The Kier molecular flexibility index (Phi) is 5.33. The second-order valence-corrected chi connectivity index (χ2v) is 9.13. The number of hydrogen-bond donors (Lipinski definition) is 3. The number of thioether (sulfide) groups is 1. The zero-order valence-electron chi connectivity index (χ0n) is 16.3.